The number of fused-ring (bicyclic) bond motifs is 1. The normalized spacial score (nSPS) is 20.3. The maximum atomic E-state index is 13.6. The van der Waals surface area contributed by atoms with Gasteiger partial charge in [-0.2, -0.15) is 5.10 Å². The summed E-state index contributed by atoms with van der Waals surface area (Å²) in [5.74, 6) is 1.71. The monoisotopic (exact) mass is 480 g/mol. The largest absolute Gasteiger partial charge is 0.356 e. The van der Waals surface area contributed by atoms with Gasteiger partial charge in [-0.05, 0) is 50.2 Å². The van der Waals surface area contributed by atoms with Crippen LogP contribution in [0.5, 0.6) is 0 Å². The molecule has 5 heterocycles. The molecular formula is C29H32N6O. The SMILES string of the molecule is Cc1cn2nc([C@@H]3CCCCN3C(=O)c3ccc(-c4ccccc4)cn3)cc2nc1N1CC[C@H](C)C1. The van der Waals surface area contributed by atoms with Crippen molar-refractivity contribution in [3.05, 3.63) is 77.9 Å². The minimum Gasteiger partial charge on any atom is -0.356 e. The van der Waals surface area contributed by atoms with Crippen molar-refractivity contribution >= 4 is 17.4 Å². The molecule has 7 nitrogen and oxygen atoms in total. The first-order valence-corrected chi connectivity index (χ1v) is 13.0. The highest BCUT2D eigenvalue weighted by Crippen LogP contribution is 2.33. The molecule has 2 aliphatic heterocycles. The second-order valence-corrected chi connectivity index (χ2v) is 10.3. The van der Waals surface area contributed by atoms with Gasteiger partial charge in [0.1, 0.15) is 11.5 Å². The van der Waals surface area contributed by atoms with Crippen LogP contribution in [0.2, 0.25) is 0 Å². The summed E-state index contributed by atoms with van der Waals surface area (Å²) in [6.45, 7) is 7.21. The van der Waals surface area contributed by atoms with Crippen LogP contribution in [0, 0.1) is 12.8 Å². The standard InChI is InChI=1S/C29H32N6O/c1-20-13-15-33(18-20)28-21(2)19-35-27(31-28)16-25(32-35)26-10-6-7-14-34(26)29(36)24-12-11-23(17-30-24)22-8-4-3-5-9-22/h3-5,8-9,11-12,16-17,19-20,26H,6-7,10,13-15,18H2,1-2H3/t20-,26-/m0/s1. The topological polar surface area (TPSA) is 66.6 Å². The molecule has 4 aromatic rings. The third kappa shape index (κ3) is 4.23. The van der Waals surface area contributed by atoms with Crippen LogP contribution in [-0.4, -0.2) is 50.0 Å². The van der Waals surface area contributed by atoms with E-state index < -0.39 is 0 Å². The molecule has 1 amide bonds. The summed E-state index contributed by atoms with van der Waals surface area (Å²) in [5, 5.41) is 4.88. The molecule has 0 saturated carbocycles. The highest BCUT2D eigenvalue weighted by atomic mass is 16.2. The van der Waals surface area contributed by atoms with Crippen molar-refractivity contribution in [1.29, 1.82) is 0 Å². The number of likely N-dealkylation sites (tertiary alicyclic amines) is 1. The number of nitrogens with zero attached hydrogens (tertiary/aromatic N) is 6. The van der Waals surface area contributed by atoms with E-state index in [1.807, 2.05) is 51.9 Å². The first kappa shape index (κ1) is 22.7. The fourth-order valence-electron chi connectivity index (χ4n) is 5.58. The molecule has 0 N–H and O–H groups in total. The van der Waals surface area contributed by atoms with Crippen molar-refractivity contribution in [2.75, 3.05) is 24.5 Å². The number of piperidine rings is 1. The van der Waals surface area contributed by atoms with Crippen LogP contribution in [0.1, 0.15) is 60.4 Å². The highest BCUT2D eigenvalue weighted by Gasteiger charge is 2.31. The molecule has 6 rings (SSSR count). The Bertz CT molecular complexity index is 1380. The average Bonchev–Trinajstić information content (AvgIpc) is 3.54. The molecule has 3 aromatic heterocycles. The van der Waals surface area contributed by atoms with E-state index in [0.29, 0.717) is 18.2 Å². The van der Waals surface area contributed by atoms with Gasteiger partial charge in [-0.3, -0.25) is 9.78 Å². The Morgan fingerprint density at radius 1 is 1.00 bits per heavy atom. The number of carbonyl (C=O) groups excluding carboxylic acids is 1. The first-order valence-electron chi connectivity index (χ1n) is 13.0. The van der Waals surface area contributed by atoms with Gasteiger partial charge >= 0.3 is 0 Å². The minimum absolute atomic E-state index is 0.0350. The maximum Gasteiger partial charge on any atom is 0.273 e. The Kier molecular flexibility index (Phi) is 5.91. The van der Waals surface area contributed by atoms with Crippen LogP contribution in [0.4, 0.5) is 5.82 Å². The number of carbonyl (C=O) groups is 1. The number of aromatic nitrogens is 4. The number of hydrogen-bond acceptors (Lipinski definition) is 5. The van der Waals surface area contributed by atoms with E-state index >= 15 is 0 Å². The quantitative estimate of drug-likeness (QED) is 0.396. The van der Waals surface area contributed by atoms with Crippen molar-refractivity contribution in [3.63, 3.8) is 0 Å². The van der Waals surface area contributed by atoms with Gasteiger partial charge in [-0.1, -0.05) is 43.3 Å². The number of amides is 1. The minimum atomic E-state index is -0.0703. The molecular weight excluding hydrogens is 448 g/mol. The predicted octanol–water partition coefficient (Wildman–Crippen LogP) is 5.31. The zero-order chi connectivity index (χ0) is 24.6. The van der Waals surface area contributed by atoms with Gasteiger partial charge in [0, 0.05) is 49.2 Å². The fraction of sp³-hybridized carbons (Fsp3) is 0.379. The average molecular weight is 481 g/mol. The van der Waals surface area contributed by atoms with E-state index in [0.717, 1.165) is 66.2 Å². The molecule has 0 bridgehead atoms. The van der Waals surface area contributed by atoms with Gasteiger partial charge in [0.25, 0.3) is 5.91 Å². The molecule has 2 atom stereocenters. The van der Waals surface area contributed by atoms with Gasteiger partial charge in [0.15, 0.2) is 5.65 Å². The molecule has 0 aliphatic carbocycles. The lowest BCUT2D eigenvalue weighted by molar-refractivity contribution is 0.0599. The van der Waals surface area contributed by atoms with Crippen molar-refractivity contribution in [1.82, 2.24) is 24.5 Å². The van der Waals surface area contributed by atoms with Gasteiger partial charge in [0.2, 0.25) is 0 Å². The summed E-state index contributed by atoms with van der Waals surface area (Å²) in [4.78, 5) is 27.4. The summed E-state index contributed by atoms with van der Waals surface area (Å²) in [7, 11) is 0. The molecule has 2 fully saturated rings. The molecule has 36 heavy (non-hydrogen) atoms. The Hall–Kier alpha value is -3.74. The summed E-state index contributed by atoms with van der Waals surface area (Å²) in [6, 6.07) is 15.9. The molecule has 1 aromatic carbocycles. The van der Waals surface area contributed by atoms with Gasteiger partial charge in [0.05, 0.1) is 11.7 Å². The van der Waals surface area contributed by atoms with Crippen molar-refractivity contribution in [3.8, 4) is 11.1 Å². The second-order valence-electron chi connectivity index (χ2n) is 10.3. The third-order valence-electron chi connectivity index (χ3n) is 7.54. The number of hydrogen-bond donors (Lipinski definition) is 0. The smallest absolute Gasteiger partial charge is 0.273 e. The molecule has 7 heteroatoms. The summed E-state index contributed by atoms with van der Waals surface area (Å²) in [6.07, 6.45) is 8.03. The molecule has 184 valence electrons. The number of aryl methyl sites for hydroxylation is 1. The van der Waals surface area contributed by atoms with Crippen molar-refractivity contribution in [2.24, 2.45) is 5.92 Å². The molecule has 0 unspecified atom stereocenters. The van der Waals surface area contributed by atoms with Gasteiger partial charge < -0.3 is 9.80 Å². The number of anilines is 1. The van der Waals surface area contributed by atoms with E-state index in [1.165, 1.54) is 6.42 Å². The Labute approximate surface area is 211 Å². The van der Waals surface area contributed by atoms with Crippen LogP contribution in [-0.2, 0) is 0 Å². The zero-order valence-corrected chi connectivity index (χ0v) is 21.0. The zero-order valence-electron chi connectivity index (χ0n) is 21.0. The number of benzene rings is 1. The van der Waals surface area contributed by atoms with Crippen LogP contribution in [0.25, 0.3) is 16.8 Å². The van der Waals surface area contributed by atoms with E-state index in [4.69, 9.17) is 10.1 Å². The Balaban J connectivity index is 1.27. The lowest BCUT2D eigenvalue weighted by Crippen LogP contribution is -2.39. The van der Waals surface area contributed by atoms with Gasteiger partial charge in [-0.25, -0.2) is 9.50 Å². The Morgan fingerprint density at radius 3 is 2.61 bits per heavy atom. The molecule has 0 radical (unpaired) electrons. The molecule has 2 aliphatic rings. The summed E-state index contributed by atoms with van der Waals surface area (Å²) in [5.41, 5.74) is 5.45. The van der Waals surface area contributed by atoms with Crippen molar-refractivity contribution < 1.29 is 4.79 Å². The lowest BCUT2D eigenvalue weighted by atomic mass is 9.98. The van der Waals surface area contributed by atoms with Crippen molar-refractivity contribution in [2.45, 2.75) is 45.6 Å². The van der Waals surface area contributed by atoms with Gasteiger partial charge in [-0.15, -0.1) is 0 Å². The Morgan fingerprint density at radius 2 is 1.86 bits per heavy atom. The van der Waals surface area contributed by atoms with E-state index in [9.17, 15) is 4.79 Å². The lowest BCUT2D eigenvalue weighted by Gasteiger charge is -2.34. The highest BCUT2D eigenvalue weighted by molar-refractivity contribution is 5.93. The van der Waals surface area contributed by atoms with E-state index in [1.54, 1.807) is 6.20 Å². The maximum absolute atomic E-state index is 13.6. The van der Waals surface area contributed by atoms with E-state index in [-0.39, 0.29) is 11.9 Å². The fourth-order valence-corrected chi connectivity index (χ4v) is 5.58. The first-order chi connectivity index (χ1) is 17.6. The van der Waals surface area contributed by atoms with Crippen LogP contribution >= 0.6 is 0 Å². The molecule has 0 spiro atoms. The van der Waals surface area contributed by atoms with Crippen LogP contribution in [0.3, 0.4) is 0 Å². The predicted molar refractivity (Wildman–Crippen MR) is 141 cm³/mol. The summed E-state index contributed by atoms with van der Waals surface area (Å²) >= 11 is 0. The molecule has 2 saturated heterocycles. The van der Waals surface area contributed by atoms with E-state index in [2.05, 4.69) is 36.0 Å². The number of pyridine rings is 1. The third-order valence-corrected chi connectivity index (χ3v) is 7.54. The second kappa shape index (κ2) is 9.37. The van der Waals surface area contributed by atoms with Crippen LogP contribution < -0.4 is 4.90 Å². The number of rotatable bonds is 4. The summed E-state index contributed by atoms with van der Waals surface area (Å²) < 4.78 is 1.87. The van der Waals surface area contributed by atoms with Crippen LogP contribution in [0.15, 0.2) is 60.9 Å².